The highest BCUT2D eigenvalue weighted by Crippen LogP contribution is 2.15. The predicted molar refractivity (Wildman–Crippen MR) is 53.7 cm³/mol. The molecule has 0 saturated carbocycles. The molecule has 1 atom stereocenters. The third-order valence-electron chi connectivity index (χ3n) is 1.86. The Hall–Kier alpha value is -1.55. The van der Waals surface area contributed by atoms with Gasteiger partial charge in [0.25, 0.3) is 0 Å². The van der Waals surface area contributed by atoms with Gasteiger partial charge in [0.15, 0.2) is 0 Å². The van der Waals surface area contributed by atoms with Crippen molar-refractivity contribution in [3.8, 4) is 5.75 Å². The van der Waals surface area contributed by atoms with Gasteiger partial charge in [0, 0.05) is 0 Å². The second-order valence-corrected chi connectivity index (χ2v) is 2.88. The first-order valence-corrected chi connectivity index (χ1v) is 4.42. The molecule has 4 heteroatoms. The topological polar surface area (TPSA) is 78.3 Å². The highest BCUT2D eigenvalue weighted by atomic mass is 16.5. The van der Waals surface area contributed by atoms with Gasteiger partial charge in [-0.05, 0) is 24.6 Å². The van der Waals surface area contributed by atoms with Crippen molar-refractivity contribution in [3.05, 3.63) is 29.8 Å². The lowest BCUT2D eigenvalue weighted by Crippen LogP contribution is -2.28. The van der Waals surface area contributed by atoms with Gasteiger partial charge in [0.2, 0.25) is 5.91 Å². The number of rotatable bonds is 4. The Balaban J connectivity index is 2.77. The summed E-state index contributed by atoms with van der Waals surface area (Å²) in [7, 11) is 0. The highest BCUT2D eigenvalue weighted by Gasteiger charge is 2.11. The van der Waals surface area contributed by atoms with Crippen LogP contribution in [0.1, 0.15) is 18.5 Å². The van der Waals surface area contributed by atoms with Gasteiger partial charge in [-0.25, -0.2) is 0 Å². The molecule has 0 radical (unpaired) electrons. The van der Waals surface area contributed by atoms with E-state index in [0.29, 0.717) is 12.2 Å². The number of nitrogens with two attached hydrogens (primary N) is 2. The Morgan fingerprint density at radius 3 is 2.43 bits per heavy atom. The fraction of sp³-hybridized carbons (Fsp3) is 0.300. The summed E-state index contributed by atoms with van der Waals surface area (Å²) in [6.45, 7) is 2.52. The van der Waals surface area contributed by atoms with Gasteiger partial charge in [-0.1, -0.05) is 12.1 Å². The molecule has 0 fully saturated rings. The average molecular weight is 194 g/mol. The fourth-order valence-electron chi connectivity index (χ4n) is 1.10. The summed E-state index contributed by atoms with van der Waals surface area (Å²) >= 11 is 0. The van der Waals surface area contributed by atoms with Crippen LogP contribution in [0.15, 0.2) is 24.3 Å². The zero-order valence-corrected chi connectivity index (χ0v) is 8.07. The van der Waals surface area contributed by atoms with Gasteiger partial charge in [-0.15, -0.1) is 0 Å². The molecule has 4 N–H and O–H groups in total. The number of carbonyl (C=O) groups is 1. The first kappa shape index (κ1) is 10.5. The van der Waals surface area contributed by atoms with E-state index in [1.807, 2.05) is 6.92 Å². The summed E-state index contributed by atoms with van der Waals surface area (Å²) < 4.78 is 5.24. The van der Waals surface area contributed by atoms with Gasteiger partial charge in [0.05, 0.1) is 6.61 Å². The zero-order valence-electron chi connectivity index (χ0n) is 8.07. The number of ether oxygens (including phenoxy) is 1. The lowest BCUT2D eigenvalue weighted by Gasteiger charge is -2.08. The van der Waals surface area contributed by atoms with Crippen LogP contribution >= 0.6 is 0 Å². The van der Waals surface area contributed by atoms with E-state index in [1.54, 1.807) is 24.3 Å². The molecular formula is C10H14N2O2. The lowest BCUT2D eigenvalue weighted by atomic mass is 10.1. The maximum Gasteiger partial charge on any atom is 0.238 e. The second-order valence-electron chi connectivity index (χ2n) is 2.88. The van der Waals surface area contributed by atoms with Crippen LogP contribution in [0.3, 0.4) is 0 Å². The van der Waals surface area contributed by atoms with E-state index in [4.69, 9.17) is 16.2 Å². The van der Waals surface area contributed by atoms with Crippen LogP contribution < -0.4 is 16.2 Å². The van der Waals surface area contributed by atoms with Crippen molar-refractivity contribution < 1.29 is 9.53 Å². The predicted octanol–water partition coefficient (Wildman–Crippen LogP) is 0.570. The van der Waals surface area contributed by atoms with E-state index >= 15 is 0 Å². The van der Waals surface area contributed by atoms with Crippen molar-refractivity contribution in [1.82, 2.24) is 0 Å². The molecule has 4 nitrogen and oxygen atoms in total. The van der Waals surface area contributed by atoms with E-state index in [-0.39, 0.29) is 0 Å². The molecule has 0 aliphatic carbocycles. The molecule has 1 aromatic rings. The van der Waals surface area contributed by atoms with Crippen molar-refractivity contribution in [3.63, 3.8) is 0 Å². The minimum absolute atomic E-state index is 0.533. The molecule has 76 valence electrons. The normalized spacial score (nSPS) is 12.1. The van der Waals surface area contributed by atoms with Crippen LogP contribution in [0.5, 0.6) is 5.75 Å². The minimum Gasteiger partial charge on any atom is -0.494 e. The molecular weight excluding hydrogens is 180 g/mol. The second kappa shape index (κ2) is 4.62. The summed E-state index contributed by atoms with van der Waals surface area (Å²) in [4.78, 5) is 10.8. The highest BCUT2D eigenvalue weighted by molar-refractivity contribution is 5.81. The average Bonchev–Trinajstić information content (AvgIpc) is 2.18. The Morgan fingerprint density at radius 1 is 1.43 bits per heavy atom. The summed E-state index contributed by atoms with van der Waals surface area (Å²) in [6.07, 6.45) is 0. The largest absolute Gasteiger partial charge is 0.494 e. The van der Waals surface area contributed by atoms with E-state index in [1.165, 1.54) is 0 Å². The smallest absolute Gasteiger partial charge is 0.238 e. The van der Waals surface area contributed by atoms with Crippen LogP contribution in [0.25, 0.3) is 0 Å². The minimum atomic E-state index is -0.745. The molecule has 0 aliphatic heterocycles. The SMILES string of the molecule is CCOc1ccc(C(N)C(N)=O)cc1. The molecule has 0 spiro atoms. The van der Waals surface area contributed by atoms with E-state index in [0.717, 1.165) is 5.75 Å². The van der Waals surface area contributed by atoms with Crippen LogP contribution in [0.4, 0.5) is 0 Å². The van der Waals surface area contributed by atoms with Gasteiger partial charge in [-0.3, -0.25) is 4.79 Å². The number of hydrogen-bond donors (Lipinski definition) is 2. The Kier molecular flexibility index (Phi) is 3.48. The zero-order chi connectivity index (χ0) is 10.6. The quantitative estimate of drug-likeness (QED) is 0.735. The third kappa shape index (κ3) is 2.47. The van der Waals surface area contributed by atoms with Gasteiger partial charge < -0.3 is 16.2 Å². The first-order valence-electron chi connectivity index (χ1n) is 4.42. The monoisotopic (exact) mass is 194 g/mol. The molecule has 14 heavy (non-hydrogen) atoms. The Labute approximate surface area is 82.8 Å². The molecule has 0 bridgehead atoms. The molecule has 1 amide bonds. The summed E-state index contributed by atoms with van der Waals surface area (Å²) in [5, 5.41) is 0. The van der Waals surface area contributed by atoms with E-state index < -0.39 is 11.9 Å². The van der Waals surface area contributed by atoms with Crippen LogP contribution in [0, 0.1) is 0 Å². The summed E-state index contributed by atoms with van der Waals surface area (Å²) in [5.74, 6) is 0.224. The molecule has 0 heterocycles. The number of hydrogen-bond acceptors (Lipinski definition) is 3. The van der Waals surface area contributed by atoms with E-state index in [9.17, 15) is 4.79 Å². The van der Waals surface area contributed by atoms with Crippen molar-refractivity contribution >= 4 is 5.91 Å². The third-order valence-corrected chi connectivity index (χ3v) is 1.86. The van der Waals surface area contributed by atoms with Crippen molar-refractivity contribution in [2.24, 2.45) is 11.5 Å². The van der Waals surface area contributed by atoms with Crippen molar-refractivity contribution in [2.75, 3.05) is 6.61 Å². The lowest BCUT2D eigenvalue weighted by molar-refractivity contribution is -0.119. The molecule has 0 saturated heterocycles. The summed E-state index contributed by atoms with van der Waals surface area (Å²) in [5.41, 5.74) is 11.3. The molecule has 1 unspecified atom stereocenters. The van der Waals surface area contributed by atoms with Gasteiger partial charge in [-0.2, -0.15) is 0 Å². The molecule has 0 aliphatic rings. The maximum absolute atomic E-state index is 10.8. The van der Waals surface area contributed by atoms with Crippen LogP contribution in [-0.4, -0.2) is 12.5 Å². The molecule has 1 aromatic carbocycles. The Morgan fingerprint density at radius 2 is 2.00 bits per heavy atom. The maximum atomic E-state index is 10.8. The fourth-order valence-corrected chi connectivity index (χ4v) is 1.10. The standard InChI is InChI=1S/C10H14N2O2/c1-2-14-8-5-3-7(4-6-8)9(11)10(12)13/h3-6,9H,2,11H2,1H3,(H2,12,13). The summed E-state index contributed by atoms with van der Waals surface area (Å²) in [6, 6.07) is 6.26. The van der Waals surface area contributed by atoms with Crippen LogP contribution in [-0.2, 0) is 4.79 Å². The Bertz CT molecular complexity index is 308. The first-order chi connectivity index (χ1) is 6.65. The van der Waals surface area contributed by atoms with Crippen LogP contribution in [0.2, 0.25) is 0 Å². The number of carbonyl (C=O) groups excluding carboxylic acids is 1. The number of benzene rings is 1. The number of amides is 1. The van der Waals surface area contributed by atoms with Gasteiger partial charge in [0.1, 0.15) is 11.8 Å². The van der Waals surface area contributed by atoms with E-state index in [2.05, 4.69) is 0 Å². The molecule has 1 rings (SSSR count). The van der Waals surface area contributed by atoms with Crippen molar-refractivity contribution in [1.29, 1.82) is 0 Å². The number of primary amides is 1. The van der Waals surface area contributed by atoms with Crippen molar-refractivity contribution in [2.45, 2.75) is 13.0 Å². The van der Waals surface area contributed by atoms with Gasteiger partial charge >= 0.3 is 0 Å². The molecule has 0 aromatic heterocycles.